The van der Waals surface area contributed by atoms with Gasteiger partial charge < -0.3 is 15.6 Å². The van der Waals surface area contributed by atoms with Gasteiger partial charge in [-0.05, 0) is 24.0 Å². The van der Waals surface area contributed by atoms with Gasteiger partial charge in [0.25, 0.3) is 0 Å². The molecule has 2 rings (SSSR count). The summed E-state index contributed by atoms with van der Waals surface area (Å²) in [6, 6.07) is 7.60. The average molecular weight is 207 g/mol. The molecule has 4 nitrogen and oxygen atoms in total. The van der Waals surface area contributed by atoms with Gasteiger partial charge in [-0.1, -0.05) is 24.3 Å². The average Bonchev–Trinajstić information content (AvgIpc) is 2.22. The van der Waals surface area contributed by atoms with Crippen molar-refractivity contribution in [3.63, 3.8) is 0 Å². The molecular formula is C11H13NO3. The van der Waals surface area contributed by atoms with E-state index >= 15 is 0 Å². The van der Waals surface area contributed by atoms with Gasteiger partial charge in [-0.25, -0.2) is 4.79 Å². The first-order valence-corrected chi connectivity index (χ1v) is 4.90. The van der Waals surface area contributed by atoms with E-state index in [4.69, 9.17) is 10.5 Å². The number of hydrogen-bond acceptors (Lipinski definition) is 3. The van der Waals surface area contributed by atoms with Crippen LogP contribution in [0.5, 0.6) is 0 Å². The van der Waals surface area contributed by atoms with Crippen LogP contribution in [0.4, 0.5) is 4.79 Å². The Morgan fingerprint density at radius 1 is 1.47 bits per heavy atom. The molecule has 0 saturated heterocycles. The molecular weight excluding hydrogens is 194 g/mol. The molecule has 1 aromatic carbocycles. The van der Waals surface area contributed by atoms with Crippen LogP contribution in [0, 0.1) is 0 Å². The summed E-state index contributed by atoms with van der Waals surface area (Å²) in [5.74, 6) is 0. The van der Waals surface area contributed by atoms with Crippen LogP contribution in [0.15, 0.2) is 24.3 Å². The fraction of sp³-hybridized carbons (Fsp3) is 0.364. The highest BCUT2D eigenvalue weighted by atomic mass is 16.6. The summed E-state index contributed by atoms with van der Waals surface area (Å²) >= 11 is 0. The van der Waals surface area contributed by atoms with Crippen LogP contribution in [0.25, 0.3) is 0 Å². The van der Waals surface area contributed by atoms with Crippen LogP contribution < -0.4 is 5.73 Å². The zero-order chi connectivity index (χ0) is 10.8. The number of primary amides is 1. The number of ether oxygens (including phenoxy) is 1. The first kappa shape index (κ1) is 9.98. The second kappa shape index (κ2) is 3.90. The van der Waals surface area contributed by atoms with Crippen molar-refractivity contribution in [3.05, 3.63) is 35.4 Å². The van der Waals surface area contributed by atoms with Crippen molar-refractivity contribution in [3.8, 4) is 0 Å². The SMILES string of the molecule is NC(=O)O[C@@H]1CCc2ccccc2[C@@H]1O. The molecule has 2 atom stereocenters. The number of aliphatic hydroxyl groups is 1. The van der Waals surface area contributed by atoms with Crippen molar-refractivity contribution in [2.75, 3.05) is 0 Å². The maximum absolute atomic E-state index is 10.6. The molecule has 0 spiro atoms. The number of nitrogens with two attached hydrogens (primary N) is 1. The minimum absolute atomic E-state index is 0.516. The Morgan fingerprint density at radius 2 is 2.20 bits per heavy atom. The zero-order valence-corrected chi connectivity index (χ0v) is 8.22. The fourth-order valence-corrected chi connectivity index (χ4v) is 1.98. The van der Waals surface area contributed by atoms with Crippen molar-refractivity contribution in [2.45, 2.75) is 25.0 Å². The molecule has 80 valence electrons. The van der Waals surface area contributed by atoms with Crippen LogP contribution in [0.2, 0.25) is 0 Å². The third kappa shape index (κ3) is 1.94. The summed E-state index contributed by atoms with van der Waals surface area (Å²) in [4.78, 5) is 10.6. The van der Waals surface area contributed by atoms with Crippen LogP contribution in [-0.4, -0.2) is 17.3 Å². The molecule has 0 unspecified atom stereocenters. The van der Waals surface area contributed by atoms with E-state index in [9.17, 15) is 9.90 Å². The second-order valence-electron chi connectivity index (χ2n) is 3.66. The largest absolute Gasteiger partial charge is 0.443 e. The number of amides is 1. The monoisotopic (exact) mass is 207 g/mol. The van der Waals surface area contributed by atoms with Gasteiger partial charge in [0.15, 0.2) is 0 Å². The van der Waals surface area contributed by atoms with Gasteiger partial charge in [-0.2, -0.15) is 0 Å². The van der Waals surface area contributed by atoms with E-state index in [1.165, 1.54) is 0 Å². The van der Waals surface area contributed by atoms with E-state index in [1.54, 1.807) is 0 Å². The number of carbonyl (C=O) groups is 1. The predicted molar refractivity (Wildman–Crippen MR) is 54.2 cm³/mol. The molecule has 0 bridgehead atoms. The summed E-state index contributed by atoms with van der Waals surface area (Å²) in [7, 11) is 0. The van der Waals surface area contributed by atoms with Crippen molar-refractivity contribution in [1.82, 2.24) is 0 Å². The van der Waals surface area contributed by atoms with Crippen LogP contribution >= 0.6 is 0 Å². The molecule has 0 saturated carbocycles. The normalized spacial score (nSPS) is 24.3. The number of carbonyl (C=O) groups excluding carboxylic acids is 1. The Kier molecular flexibility index (Phi) is 2.60. The number of hydrogen-bond donors (Lipinski definition) is 2. The zero-order valence-electron chi connectivity index (χ0n) is 8.22. The number of fused-ring (bicyclic) bond motifs is 1. The molecule has 1 aromatic rings. The van der Waals surface area contributed by atoms with E-state index in [0.29, 0.717) is 6.42 Å². The molecule has 1 aliphatic carbocycles. The first-order chi connectivity index (χ1) is 7.18. The summed E-state index contributed by atoms with van der Waals surface area (Å²) < 4.78 is 4.85. The van der Waals surface area contributed by atoms with Gasteiger partial charge in [-0.3, -0.25) is 0 Å². The highest BCUT2D eigenvalue weighted by molar-refractivity contribution is 5.65. The van der Waals surface area contributed by atoms with Gasteiger partial charge in [0.1, 0.15) is 12.2 Å². The third-order valence-electron chi connectivity index (χ3n) is 2.69. The quantitative estimate of drug-likeness (QED) is 0.725. The van der Waals surface area contributed by atoms with Crippen LogP contribution in [0.1, 0.15) is 23.7 Å². The summed E-state index contributed by atoms with van der Waals surface area (Å²) in [5, 5.41) is 9.94. The highest BCUT2D eigenvalue weighted by Crippen LogP contribution is 2.31. The topological polar surface area (TPSA) is 72.6 Å². The van der Waals surface area contributed by atoms with E-state index in [2.05, 4.69) is 0 Å². The maximum atomic E-state index is 10.6. The minimum atomic E-state index is -0.835. The lowest BCUT2D eigenvalue weighted by atomic mass is 9.87. The van der Waals surface area contributed by atoms with Gasteiger partial charge in [0.05, 0.1) is 0 Å². The first-order valence-electron chi connectivity index (χ1n) is 4.90. The number of aryl methyl sites for hydroxylation is 1. The van der Waals surface area contributed by atoms with E-state index < -0.39 is 18.3 Å². The highest BCUT2D eigenvalue weighted by Gasteiger charge is 2.29. The van der Waals surface area contributed by atoms with Gasteiger partial charge in [-0.15, -0.1) is 0 Å². The molecule has 4 heteroatoms. The van der Waals surface area contributed by atoms with Gasteiger partial charge in [0.2, 0.25) is 0 Å². The van der Waals surface area contributed by atoms with Crippen molar-refractivity contribution < 1.29 is 14.6 Å². The van der Waals surface area contributed by atoms with E-state index in [0.717, 1.165) is 17.5 Å². The molecule has 0 heterocycles. The number of aliphatic hydroxyl groups excluding tert-OH is 1. The molecule has 0 aromatic heterocycles. The molecule has 1 aliphatic rings. The lowest BCUT2D eigenvalue weighted by molar-refractivity contribution is -0.00520. The smallest absolute Gasteiger partial charge is 0.404 e. The Hall–Kier alpha value is -1.55. The van der Waals surface area contributed by atoms with Crippen molar-refractivity contribution in [1.29, 1.82) is 0 Å². The lowest BCUT2D eigenvalue weighted by Crippen LogP contribution is -2.32. The fourth-order valence-electron chi connectivity index (χ4n) is 1.98. The summed E-state index contributed by atoms with van der Waals surface area (Å²) in [6.45, 7) is 0. The molecule has 0 fully saturated rings. The Morgan fingerprint density at radius 3 is 2.93 bits per heavy atom. The molecule has 0 aliphatic heterocycles. The van der Waals surface area contributed by atoms with Gasteiger partial charge >= 0.3 is 6.09 Å². The standard InChI is InChI=1S/C11H13NO3/c12-11(14)15-9-6-5-7-3-1-2-4-8(7)10(9)13/h1-4,9-10,13H,5-6H2,(H2,12,14)/t9-,10+/m1/s1. The molecule has 3 N–H and O–H groups in total. The number of benzene rings is 1. The lowest BCUT2D eigenvalue weighted by Gasteiger charge is -2.28. The van der Waals surface area contributed by atoms with Gasteiger partial charge in [0, 0.05) is 0 Å². The molecule has 1 amide bonds. The maximum Gasteiger partial charge on any atom is 0.404 e. The second-order valence-corrected chi connectivity index (χ2v) is 3.66. The molecule has 15 heavy (non-hydrogen) atoms. The predicted octanol–water partition coefficient (Wildman–Crippen LogP) is 1.13. The Bertz CT molecular complexity index is 378. The summed E-state index contributed by atoms with van der Waals surface area (Å²) in [5.41, 5.74) is 6.87. The summed E-state index contributed by atoms with van der Waals surface area (Å²) in [6.07, 6.45) is -0.704. The van der Waals surface area contributed by atoms with Crippen molar-refractivity contribution in [2.24, 2.45) is 5.73 Å². The van der Waals surface area contributed by atoms with E-state index in [-0.39, 0.29) is 0 Å². The Labute approximate surface area is 87.7 Å². The Balaban J connectivity index is 2.22. The third-order valence-corrected chi connectivity index (χ3v) is 2.69. The van der Waals surface area contributed by atoms with Crippen LogP contribution in [-0.2, 0) is 11.2 Å². The minimum Gasteiger partial charge on any atom is -0.443 e. The number of rotatable bonds is 1. The van der Waals surface area contributed by atoms with E-state index in [1.807, 2.05) is 24.3 Å². The van der Waals surface area contributed by atoms with Crippen molar-refractivity contribution >= 4 is 6.09 Å². The molecule has 0 radical (unpaired) electrons. The van der Waals surface area contributed by atoms with Crippen LogP contribution in [0.3, 0.4) is 0 Å².